The number of aromatic nitrogens is 2. The Bertz CT molecular complexity index is 854. The van der Waals surface area contributed by atoms with Crippen LogP contribution in [0.15, 0.2) is 41.1 Å². The van der Waals surface area contributed by atoms with Gasteiger partial charge in [-0.05, 0) is 42.8 Å². The van der Waals surface area contributed by atoms with Gasteiger partial charge in [0.2, 0.25) is 0 Å². The lowest BCUT2D eigenvalue weighted by Crippen LogP contribution is -1.99. The zero-order valence-electron chi connectivity index (χ0n) is 12.0. The van der Waals surface area contributed by atoms with Gasteiger partial charge in [0, 0.05) is 9.86 Å². The summed E-state index contributed by atoms with van der Waals surface area (Å²) in [6, 6.07) is 8.58. The fraction of sp³-hybridized carbons (Fsp3) is 0.125. The molecule has 3 rings (SSSR count). The lowest BCUT2D eigenvalue weighted by atomic mass is 10.1. The second-order valence-electron chi connectivity index (χ2n) is 4.81. The summed E-state index contributed by atoms with van der Waals surface area (Å²) >= 11 is 3.24. The second-order valence-corrected chi connectivity index (χ2v) is 5.73. The van der Waals surface area contributed by atoms with Crippen molar-refractivity contribution >= 4 is 38.3 Å². The molecular formula is C16H13BrFN3O. The topological polar surface area (TPSA) is 47.0 Å². The number of anilines is 2. The van der Waals surface area contributed by atoms with Crippen LogP contribution >= 0.6 is 15.9 Å². The molecule has 3 aromatic rings. The number of halogens is 2. The van der Waals surface area contributed by atoms with Crippen molar-refractivity contribution in [1.29, 1.82) is 0 Å². The van der Waals surface area contributed by atoms with E-state index in [-0.39, 0.29) is 5.82 Å². The van der Waals surface area contributed by atoms with Crippen LogP contribution in [0.1, 0.15) is 5.56 Å². The van der Waals surface area contributed by atoms with Crippen LogP contribution in [0.3, 0.4) is 0 Å². The van der Waals surface area contributed by atoms with Crippen molar-refractivity contribution in [2.24, 2.45) is 0 Å². The number of methoxy groups -OCH3 is 1. The molecule has 0 aliphatic carbocycles. The number of benzene rings is 2. The molecule has 0 spiro atoms. The Morgan fingerprint density at radius 3 is 2.73 bits per heavy atom. The summed E-state index contributed by atoms with van der Waals surface area (Å²) in [5.41, 5.74) is 2.10. The maximum absolute atomic E-state index is 14.0. The lowest BCUT2D eigenvalue weighted by Gasteiger charge is -2.11. The Labute approximate surface area is 135 Å². The van der Waals surface area contributed by atoms with Gasteiger partial charge in [-0.15, -0.1) is 0 Å². The minimum absolute atomic E-state index is 0.350. The van der Waals surface area contributed by atoms with Crippen molar-refractivity contribution < 1.29 is 9.13 Å². The fourth-order valence-corrected chi connectivity index (χ4v) is 2.56. The Morgan fingerprint density at radius 1 is 1.18 bits per heavy atom. The van der Waals surface area contributed by atoms with Gasteiger partial charge in [0.1, 0.15) is 23.7 Å². The van der Waals surface area contributed by atoms with Gasteiger partial charge < -0.3 is 10.1 Å². The van der Waals surface area contributed by atoms with Gasteiger partial charge in [-0.3, -0.25) is 0 Å². The highest BCUT2D eigenvalue weighted by molar-refractivity contribution is 9.10. The van der Waals surface area contributed by atoms with Crippen molar-refractivity contribution in [3.05, 3.63) is 52.5 Å². The zero-order chi connectivity index (χ0) is 15.7. The summed E-state index contributed by atoms with van der Waals surface area (Å²) in [7, 11) is 1.61. The second kappa shape index (κ2) is 5.88. The molecule has 0 saturated heterocycles. The minimum atomic E-state index is -0.361. The first-order chi connectivity index (χ1) is 10.6. The number of ether oxygens (including phenoxy) is 1. The standard InChI is InChI=1S/C16H13BrFN3O/c1-9-5-14-11(7-15(9)22-2)16(20-8-19-14)21-13-4-3-10(17)6-12(13)18/h3-8H,1-2H3,(H,19,20,21). The van der Waals surface area contributed by atoms with Crippen molar-refractivity contribution in [3.8, 4) is 5.75 Å². The Morgan fingerprint density at radius 2 is 2.00 bits per heavy atom. The first kappa shape index (κ1) is 14.7. The van der Waals surface area contributed by atoms with Gasteiger partial charge in [-0.1, -0.05) is 15.9 Å². The molecule has 6 heteroatoms. The normalized spacial score (nSPS) is 10.7. The summed E-state index contributed by atoms with van der Waals surface area (Å²) in [5, 5.41) is 3.78. The van der Waals surface area contributed by atoms with E-state index in [0.29, 0.717) is 16.0 Å². The molecular weight excluding hydrogens is 349 g/mol. The average molecular weight is 362 g/mol. The number of fused-ring (bicyclic) bond motifs is 1. The SMILES string of the molecule is COc1cc2c(Nc3ccc(Br)cc3F)ncnc2cc1C. The molecule has 4 nitrogen and oxygen atoms in total. The third-order valence-corrected chi connectivity index (χ3v) is 3.83. The first-order valence-corrected chi connectivity index (χ1v) is 7.39. The van der Waals surface area contributed by atoms with Crippen LogP contribution in [-0.4, -0.2) is 17.1 Å². The molecule has 112 valence electrons. The molecule has 1 N–H and O–H groups in total. The molecule has 22 heavy (non-hydrogen) atoms. The molecule has 0 atom stereocenters. The predicted octanol–water partition coefficient (Wildman–Crippen LogP) is 4.59. The molecule has 1 aromatic heterocycles. The summed E-state index contributed by atoms with van der Waals surface area (Å²) < 4.78 is 20.0. The highest BCUT2D eigenvalue weighted by atomic mass is 79.9. The van der Waals surface area contributed by atoms with E-state index in [4.69, 9.17) is 4.74 Å². The Balaban J connectivity index is 2.10. The average Bonchev–Trinajstić information content (AvgIpc) is 2.49. The molecule has 0 amide bonds. The number of aryl methyl sites for hydroxylation is 1. The van der Waals surface area contributed by atoms with Gasteiger partial charge in [-0.25, -0.2) is 14.4 Å². The van der Waals surface area contributed by atoms with Crippen LogP contribution in [0.2, 0.25) is 0 Å². The van der Waals surface area contributed by atoms with Crippen molar-refractivity contribution in [2.45, 2.75) is 6.92 Å². The minimum Gasteiger partial charge on any atom is -0.496 e. The molecule has 2 aromatic carbocycles. The molecule has 0 aliphatic heterocycles. The molecule has 0 saturated carbocycles. The monoisotopic (exact) mass is 361 g/mol. The van der Waals surface area contributed by atoms with E-state index in [0.717, 1.165) is 22.2 Å². The van der Waals surface area contributed by atoms with Crippen LogP contribution in [0, 0.1) is 12.7 Å². The summed E-state index contributed by atoms with van der Waals surface area (Å²) in [6.45, 7) is 1.95. The lowest BCUT2D eigenvalue weighted by molar-refractivity contribution is 0.412. The Kier molecular flexibility index (Phi) is 3.94. The summed E-state index contributed by atoms with van der Waals surface area (Å²) in [5.74, 6) is 0.909. The maximum atomic E-state index is 14.0. The molecule has 0 bridgehead atoms. The smallest absolute Gasteiger partial charge is 0.147 e. The van der Waals surface area contributed by atoms with E-state index >= 15 is 0 Å². The highest BCUT2D eigenvalue weighted by Crippen LogP contribution is 2.30. The van der Waals surface area contributed by atoms with Crippen LogP contribution in [-0.2, 0) is 0 Å². The van der Waals surface area contributed by atoms with Crippen LogP contribution in [0.4, 0.5) is 15.9 Å². The van der Waals surface area contributed by atoms with Gasteiger partial charge in [0.15, 0.2) is 0 Å². The number of nitrogens with one attached hydrogen (secondary N) is 1. The van der Waals surface area contributed by atoms with Crippen LogP contribution in [0.25, 0.3) is 10.9 Å². The molecule has 1 heterocycles. The van der Waals surface area contributed by atoms with Gasteiger partial charge in [0.25, 0.3) is 0 Å². The number of rotatable bonds is 3. The van der Waals surface area contributed by atoms with E-state index in [9.17, 15) is 4.39 Å². The summed E-state index contributed by atoms with van der Waals surface area (Å²) in [4.78, 5) is 8.46. The number of hydrogen-bond donors (Lipinski definition) is 1. The van der Waals surface area contributed by atoms with Crippen molar-refractivity contribution in [1.82, 2.24) is 9.97 Å². The molecule has 0 aliphatic rings. The predicted molar refractivity (Wildman–Crippen MR) is 88.2 cm³/mol. The third-order valence-electron chi connectivity index (χ3n) is 3.34. The van der Waals surface area contributed by atoms with E-state index < -0.39 is 0 Å². The van der Waals surface area contributed by atoms with Crippen molar-refractivity contribution in [2.75, 3.05) is 12.4 Å². The molecule has 0 fully saturated rings. The number of hydrogen-bond acceptors (Lipinski definition) is 4. The van der Waals surface area contributed by atoms with Crippen LogP contribution < -0.4 is 10.1 Å². The first-order valence-electron chi connectivity index (χ1n) is 6.60. The van der Waals surface area contributed by atoms with Gasteiger partial charge in [-0.2, -0.15) is 0 Å². The fourth-order valence-electron chi connectivity index (χ4n) is 2.23. The van der Waals surface area contributed by atoms with E-state index in [1.54, 1.807) is 19.2 Å². The zero-order valence-corrected chi connectivity index (χ0v) is 13.6. The summed E-state index contributed by atoms with van der Waals surface area (Å²) in [6.07, 6.45) is 1.45. The number of nitrogens with zero attached hydrogens (tertiary/aromatic N) is 2. The molecule has 0 radical (unpaired) electrons. The third kappa shape index (κ3) is 2.74. The maximum Gasteiger partial charge on any atom is 0.147 e. The van der Waals surface area contributed by atoms with E-state index in [2.05, 4.69) is 31.2 Å². The van der Waals surface area contributed by atoms with Crippen LogP contribution in [0.5, 0.6) is 5.75 Å². The Hall–Kier alpha value is -2.21. The quantitative estimate of drug-likeness (QED) is 0.740. The van der Waals surface area contributed by atoms with Crippen molar-refractivity contribution in [3.63, 3.8) is 0 Å². The molecule has 0 unspecified atom stereocenters. The van der Waals surface area contributed by atoms with Gasteiger partial charge >= 0.3 is 0 Å². The van der Waals surface area contributed by atoms with E-state index in [1.165, 1.54) is 12.4 Å². The highest BCUT2D eigenvalue weighted by Gasteiger charge is 2.10. The van der Waals surface area contributed by atoms with E-state index in [1.807, 2.05) is 19.1 Å². The van der Waals surface area contributed by atoms with Gasteiger partial charge in [0.05, 0.1) is 18.3 Å². The largest absolute Gasteiger partial charge is 0.496 e.